The van der Waals surface area contributed by atoms with E-state index in [2.05, 4.69) is 27.1 Å². The first-order chi connectivity index (χ1) is 24.8. The molecule has 4 nitrogen and oxygen atoms in total. The molecule has 0 amide bonds. The molecule has 1 radical (unpaired) electrons. The van der Waals surface area contributed by atoms with Crippen LogP contribution in [0.15, 0.2) is 132 Å². The SMILES string of the molecule is [2H]C([2H])([2H])c1nccc2c1ccc1c3cc[c-]c(-c4ccccn4)c3oc21.[2H]C([2H])(c1ccc(-c2ccnc(-c3[c-]cccc3)c2)cc1)C(C)(C)C.[Ir]. The van der Waals surface area contributed by atoms with Crippen LogP contribution in [-0.2, 0) is 26.5 Å². The number of fused-ring (bicyclic) bond motifs is 5. The topological polar surface area (TPSA) is 51.8 Å². The van der Waals surface area contributed by atoms with Crippen LogP contribution in [-0.4, -0.2) is 15.0 Å². The molecule has 0 spiro atoms. The fourth-order valence-corrected chi connectivity index (χ4v) is 5.64. The van der Waals surface area contributed by atoms with Gasteiger partial charge in [-0.2, -0.15) is 0 Å². The third kappa shape index (κ3) is 6.99. The van der Waals surface area contributed by atoms with E-state index in [1.165, 1.54) is 6.20 Å². The Hall–Kier alpha value is -4.96. The molecule has 0 aliphatic carbocycles. The summed E-state index contributed by atoms with van der Waals surface area (Å²) in [6.45, 7) is 3.48. The molecule has 0 aliphatic heterocycles. The minimum atomic E-state index is -2.29. The van der Waals surface area contributed by atoms with Gasteiger partial charge in [-0.05, 0) is 64.9 Å². The van der Waals surface area contributed by atoms with Crippen LogP contribution in [0.5, 0.6) is 0 Å². The summed E-state index contributed by atoms with van der Waals surface area (Å²) in [5, 5.41) is 3.18. The normalized spacial score (nSPS) is 13.4. The molecule has 0 saturated carbocycles. The second kappa shape index (κ2) is 14.0. The predicted octanol–water partition coefficient (Wildman–Crippen LogP) is 11.1. The van der Waals surface area contributed by atoms with Crippen LogP contribution in [0.2, 0.25) is 0 Å². The third-order valence-electron chi connectivity index (χ3n) is 7.74. The average molecular weight is 807 g/mol. The summed E-state index contributed by atoms with van der Waals surface area (Å²) in [4.78, 5) is 12.9. The standard InChI is InChI=1S/C22H22N.C21H13N2O.Ir/c1-22(2,3)16-17-9-11-18(12-10-17)20-13-14-23-21(15-20)19-7-5-4-6-8-19;1-13-14-8-9-16-15-5-4-6-18(19-7-2-3-11-23-19)21(15)24-20(16)17(14)10-12-22-13;/h4-7,9-15H,16H2,1-3H3;2-5,7-12H,1H3;/q2*-1;/i16D2;1D3;. The molecular weight excluding hydrogens is 767 g/mol. The van der Waals surface area contributed by atoms with Gasteiger partial charge in [0, 0.05) is 67.4 Å². The maximum atomic E-state index is 8.39. The van der Waals surface area contributed by atoms with Crippen LogP contribution in [0.4, 0.5) is 0 Å². The number of aryl methyl sites for hydroxylation is 1. The van der Waals surface area contributed by atoms with E-state index in [9.17, 15) is 0 Å². The molecule has 0 saturated heterocycles. The van der Waals surface area contributed by atoms with Gasteiger partial charge in [-0.15, -0.1) is 54.1 Å². The van der Waals surface area contributed by atoms with Crippen molar-refractivity contribution >= 4 is 32.7 Å². The summed E-state index contributed by atoms with van der Waals surface area (Å²) in [5.41, 5.74) is 7.17. The maximum Gasteiger partial charge on any atom is 0.128 e. The van der Waals surface area contributed by atoms with Crippen molar-refractivity contribution in [2.75, 3.05) is 0 Å². The molecule has 8 rings (SSSR count). The Morgan fingerprint density at radius 3 is 2.17 bits per heavy atom. The molecule has 4 aromatic heterocycles. The van der Waals surface area contributed by atoms with Crippen molar-refractivity contribution in [2.45, 2.75) is 34.0 Å². The Labute approximate surface area is 302 Å². The summed E-state index contributed by atoms with van der Waals surface area (Å²) >= 11 is 0. The Morgan fingerprint density at radius 1 is 0.667 bits per heavy atom. The number of hydrogen-bond acceptors (Lipinski definition) is 4. The van der Waals surface area contributed by atoms with Crippen molar-refractivity contribution in [2.24, 2.45) is 5.41 Å². The molecule has 0 fully saturated rings. The molecule has 0 atom stereocenters. The molecule has 239 valence electrons. The average Bonchev–Trinajstić information content (AvgIpc) is 3.54. The van der Waals surface area contributed by atoms with Crippen molar-refractivity contribution in [3.05, 3.63) is 151 Å². The van der Waals surface area contributed by atoms with E-state index in [0.29, 0.717) is 22.1 Å². The fourth-order valence-electron chi connectivity index (χ4n) is 5.64. The molecular formula is C43H35IrN3O-2. The number of furan rings is 1. The first-order valence-electron chi connectivity index (χ1n) is 17.9. The quantitative estimate of drug-likeness (QED) is 0.166. The van der Waals surface area contributed by atoms with Crippen molar-refractivity contribution in [3.63, 3.8) is 0 Å². The van der Waals surface area contributed by atoms with E-state index in [-0.39, 0.29) is 25.8 Å². The van der Waals surface area contributed by atoms with Gasteiger partial charge in [0.25, 0.3) is 0 Å². The number of nitrogens with zero attached hydrogens (tertiary/aromatic N) is 3. The van der Waals surface area contributed by atoms with E-state index in [1.807, 2.05) is 118 Å². The predicted molar refractivity (Wildman–Crippen MR) is 193 cm³/mol. The second-order valence-corrected chi connectivity index (χ2v) is 12.3. The molecule has 4 aromatic carbocycles. The van der Waals surface area contributed by atoms with Gasteiger partial charge in [0.1, 0.15) is 5.58 Å². The third-order valence-corrected chi connectivity index (χ3v) is 7.74. The van der Waals surface area contributed by atoms with Gasteiger partial charge in [-0.3, -0.25) is 4.98 Å². The minimum absolute atomic E-state index is 0. The number of hydrogen-bond donors (Lipinski definition) is 0. The van der Waals surface area contributed by atoms with Gasteiger partial charge >= 0.3 is 0 Å². The smallest absolute Gasteiger partial charge is 0.128 e. The van der Waals surface area contributed by atoms with E-state index in [0.717, 1.165) is 49.8 Å². The van der Waals surface area contributed by atoms with Crippen LogP contribution in [0.3, 0.4) is 0 Å². The molecule has 5 heteroatoms. The van der Waals surface area contributed by atoms with Gasteiger partial charge in [0.15, 0.2) is 0 Å². The first-order valence-corrected chi connectivity index (χ1v) is 15.4. The monoisotopic (exact) mass is 807 g/mol. The zero-order valence-electron chi connectivity index (χ0n) is 31.7. The first kappa shape index (κ1) is 27.0. The van der Waals surface area contributed by atoms with E-state index >= 15 is 0 Å². The van der Waals surface area contributed by atoms with Gasteiger partial charge < -0.3 is 14.4 Å². The summed E-state index contributed by atoms with van der Waals surface area (Å²) in [5.74, 6) is 0. The van der Waals surface area contributed by atoms with Crippen LogP contribution >= 0.6 is 0 Å². The van der Waals surface area contributed by atoms with Gasteiger partial charge in [-0.25, -0.2) is 0 Å². The number of aromatic nitrogens is 3. The van der Waals surface area contributed by atoms with E-state index in [1.54, 1.807) is 24.5 Å². The van der Waals surface area contributed by atoms with E-state index in [4.69, 9.17) is 11.3 Å². The van der Waals surface area contributed by atoms with Crippen molar-refractivity contribution < 1.29 is 31.4 Å². The summed E-state index contributed by atoms with van der Waals surface area (Å²) in [7, 11) is 0. The molecule has 48 heavy (non-hydrogen) atoms. The largest absolute Gasteiger partial charge is 0.500 e. The van der Waals surface area contributed by atoms with Gasteiger partial charge in [0.2, 0.25) is 0 Å². The summed E-state index contributed by atoms with van der Waals surface area (Å²) in [6.07, 6.45) is 3.67. The summed E-state index contributed by atoms with van der Waals surface area (Å²) < 4.78 is 46.3. The molecule has 0 unspecified atom stereocenters. The number of rotatable bonds is 4. The molecule has 4 heterocycles. The zero-order valence-corrected chi connectivity index (χ0v) is 29.1. The molecule has 0 bridgehead atoms. The van der Waals surface area contributed by atoms with E-state index < -0.39 is 18.6 Å². The second-order valence-electron chi connectivity index (χ2n) is 12.3. The minimum Gasteiger partial charge on any atom is -0.500 e. The van der Waals surface area contributed by atoms with Gasteiger partial charge in [0.05, 0.1) is 5.58 Å². The van der Waals surface area contributed by atoms with Crippen LogP contribution in [0, 0.1) is 24.4 Å². The number of benzene rings is 4. The van der Waals surface area contributed by atoms with Crippen LogP contribution in [0.1, 0.15) is 38.9 Å². The number of pyridine rings is 3. The van der Waals surface area contributed by atoms with Crippen molar-refractivity contribution in [1.82, 2.24) is 15.0 Å². The summed E-state index contributed by atoms with van der Waals surface area (Å²) in [6, 6.07) is 40.9. The van der Waals surface area contributed by atoms with Crippen LogP contribution in [0.25, 0.3) is 66.4 Å². The molecule has 8 aromatic rings. The Bertz CT molecular complexity index is 2510. The Kier molecular flexibility index (Phi) is 7.90. The van der Waals surface area contributed by atoms with Crippen molar-refractivity contribution in [1.29, 1.82) is 0 Å². The molecule has 0 aliphatic rings. The maximum absolute atomic E-state index is 8.39. The Balaban J connectivity index is 0.000000179. The van der Waals surface area contributed by atoms with Crippen LogP contribution < -0.4 is 0 Å². The zero-order chi connectivity index (χ0) is 36.7. The van der Waals surface area contributed by atoms with Crippen molar-refractivity contribution in [3.8, 4) is 33.6 Å². The van der Waals surface area contributed by atoms with Gasteiger partial charge in [-0.1, -0.05) is 86.3 Å². The fraction of sp³-hybridized carbons (Fsp3) is 0.140. The molecule has 0 N–H and O–H groups in total. The Morgan fingerprint density at radius 2 is 1.42 bits per heavy atom.